The molecule has 0 aliphatic heterocycles. The molecule has 62 valence electrons. The second kappa shape index (κ2) is 3.19. The molecule has 0 aromatic heterocycles. The highest BCUT2D eigenvalue weighted by Crippen LogP contribution is 2.33. The number of carbonyl (C=O) groups is 1. The molecule has 0 bridgehead atoms. The highest BCUT2D eigenvalue weighted by Gasteiger charge is 2.31. The molecule has 0 saturated carbocycles. The van der Waals surface area contributed by atoms with Crippen molar-refractivity contribution in [2.75, 3.05) is 6.61 Å². The second-order valence-corrected chi connectivity index (χ2v) is 4.45. The molecule has 0 heterocycles. The number of allylic oxidation sites excluding steroid dienone is 1. The van der Waals surface area contributed by atoms with Gasteiger partial charge >= 0.3 is 5.97 Å². The van der Waals surface area contributed by atoms with Crippen molar-refractivity contribution in [2.24, 2.45) is 5.92 Å². The lowest BCUT2D eigenvalue weighted by Gasteiger charge is -2.12. The Labute approximate surface area is 68.2 Å². The lowest BCUT2D eigenvalue weighted by atomic mass is 10.0. The molecule has 1 rings (SSSR count). The lowest BCUT2D eigenvalue weighted by Crippen LogP contribution is -2.19. The van der Waals surface area contributed by atoms with Gasteiger partial charge in [0.25, 0.3) is 0 Å². The van der Waals surface area contributed by atoms with Gasteiger partial charge in [0.2, 0.25) is 0 Å². The standard InChI is InChI=1S/C7H12O3Si/c8-3-4-1-2-5(11)6(4)7(9)10/h1,5-6,8H,2-3H2,11H3,(H,9,10)/t5-,6-/m0/s1. The van der Waals surface area contributed by atoms with Crippen LogP contribution in [-0.2, 0) is 4.79 Å². The highest BCUT2D eigenvalue weighted by molar-refractivity contribution is 6.14. The molecule has 3 nitrogen and oxygen atoms in total. The molecule has 11 heavy (non-hydrogen) atoms. The Bertz CT molecular complexity index is 200. The van der Waals surface area contributed by atoms with Gasteiger partial charge in [0.1, 0.15) is 0 Å². The van der Waals surface area contributed by atoms with E-state index in [1.165, 1.54) is 0 Å². The van der Waals surface area contributed by atoms with Crippen LogP contribution in [0, 0.1) is 5.92 Å². The van der Waals surface area contributed by atoms with Gasteiger partial charge in [0.05, 0.1) is 12.5 Å². The Morgan fingerprint density at radius 2 is 2.45 bits per heavy atom. The minimum absolute atomic E-state index is 0.101. The summed E-state index contributed by atoms with van der Waals surface area (Å²) >= 11 is 0. The summed E-state index contributed by atoms with van der Waals surface area (Å²) < 4.78 is 0. The maximum absolute atomic E-state index is 10.7. The van der Waals surface area contributed by atoms with Crippen molar-refractivity contribution < 1.29 is 15.0 Å². The van der Waals surface area contributed by atoms with Crippen LogP contribution in [0.2, 0.25) is 5.54 Å². The summed E-state index contributed by atoms with van der Waals surface area (Å²) in [6, 6.07) is 0. The molecule has 0 spiro atoms. The summed E-state index contributed by atoms with van der Waals surface area (Å²) in [5, 5.41) is 17.5. The smallest absolute Gasteiger partial charge is 0.310 e. The molecule has 4 heteroatoms. The van der Waals surface area contributed by atoms with Crippen molar-refractivity contribution in [3.05, 3.63) is 11.6 Å². The van der Waals surface area contributed by atoms with Crippen molar-refractivity contribution in [3.8, 4) is 0 Å². The average Bonchev–Trinajstić information content (AvgIpc) is 2.30. The molecule has 1 aliphatic rings. The normalized spacial score (nSPS) is 30.5. The van der Waals surface area contributed by atoms with Crippen LogP contribution in [0.1, 0.15) is 6.42 Å². The first-order valence-corrected chi connectivity index (χ1v) is 4.85. The van der Waals surface area contributed by atoms with Crippen molar-refractivity contribution in [1.29, 1.82) is 0 Å². The Balaban J connectivity index is 2.74. The molecule has 0 amide bonds. The summed E-state index contributed by atoms with van der Waals surface area (Å²) in [5.41, 5.74) is 0.965. The number of rotatable bonds is 2. The molecule has 0 radical (unpaired) electrons. The fraction of sp³-hybridized carbons (Fsp3) is 0.571. The lowest BCUT2D eigenvalue weighted by molar-refractivity contribution is -0.140. The van der Waals surface area contributed by atoms with Gasteiger partial charge in [-0.3, -0.25) is 4.79 Å². The van der Waals surface area contributed by atoms with E-state index in [9.17, 15) is 4.79 Å². The van der Waals surface area contributed by atoms with Crippen molar-refractivity contribution in [3.63, 3.8) is 0 Å². The Morgan fingerprint density at radius 1 is 1.82 bits per heavy atom. The van der Waals surface area contributed by atoms with Gasteiger partial charge in [0, 0.05) is 10.2 Å². The van der Waals surface area contributed by atoms with Crippen molar-refractivity contribution in [2.45, 2.75) is 12.0 Å². The molecule has 2 N–H and O–H groups in total. The predicted octanol–water partition coefficient (Wildman–Crippen LogP) is -0.837. The maximum atomic E-state index is 10.7. The van der Waals surface area contributed by atoms with Crippen LogP contribution in [0.5, 0.6) is 0 Å². The van der Waals surface area contributed by atoms with Gasteiger partial charge in [-0.05, 0) is 17.5 Å². The fourth-order valence-electron chi connectivity index (χ4n) is 1.53. The first-order valence-electron chi connectivity index (χ1n) is 3.69. The van der Waals surface area contributed by atoms with Gasteiger partial charge in [-0.2, -0.15) is 0 Å². The molecule has 0 saturated heterocycles. The highest BCUT2D eigenvalue weighted by atomic mass is 28.1. The van der Waals surface area contributed by atoms with E-state index in [-0.39, 0.29) is 12.1 Å². The van der Waals surface area contributed by atoms with Gasteiger partial charge in [-0.25, -0.2) is 0 Å². The van der Waals surface area contributed by atoms with Crippen LogP contribution in [0.15, 0.2) is 11.6 Å². The number of carboxylic acids is 1. The topological polar surface area (TPSA) is 57.5 Å². The fourth-order valence-corrected chi connectivity index (χ4v) is 2.48. The van der Waals surface area contributed by atoms with E-state index in [0.29, 0.717) is 5.57 Å². The van der Waals surface area contributed by atoms with Crippen LogP contribution >= 0.6 is 0 Å². The Hall–Kier alpha value is -0.613. The number of aliphatic carboxylic acids is 1. The average molecular weight is 172 g/mol. The molecule has 0 aromatic carbocycles. The summed E-state index contributed by atoms with van der Waals surface area (Å²) in [4.78, 5) is 10.7. The van der Waals surface area contributed by atoms with E-state index in [1.54, 1.807) is 0 Å². The van der Waals surface area contributed by atoms with Crippen LogP contribution in [0.3, 0.4) is 0 Å². The molecule has 1 aliphatic carbocycles. The Kier molecular flexibility index (Phi) is 2.46. The summed E-state index contributed by atoms with van der Waals surface area (Å²) in [7, 11) is 0.883. The third-order valence-electron chi connectivity index (χ3n) is 2.17. The number of carboxylic acid groups (broad SMARTS) is 1. The van der Waals surface area contributed by atoms with E-state index in [0.717, 1.165) is 16.7 Å². The van der Waals surface area contributed by atoms with Gasteiger partial charge in [-0.15, -0.1) is 0 Å². The van der Waals surface area contributed by atoms with Gasteiger partial charge in [0.15, 0.2) is 0 Å². The summed E-state index contributed by atoms with van der Waals surface area (Å²) in [6.07, 6.45) is 2.69. The molecule has 0 fully saturated rings. The van der Waals surface area contributed by atoms with Crippen molar-refractivity contribution in [1.82, 2.24) is 0 Å². The number of hydrogen-bond donors (Lipinski definition) is 2. The third kappa shape index (κ3) is 1.52. The molecular formula is C7H12O3Si. The zero-order chi connectivity index (χ0) is 8.43. The first-order chi connectivity index (χ1) is 5.16. The number of aliphatic hydroxyl groups excluding tert-OH is 1. The van der Waals surface area contributed by atoms with E-state index in [4.69, 9.17) is 10.2 Å². The minimum Gasteiger partial charge on any atom is -0.481 e. The minimum atomic E-state index is -0.789. The maximum Gasteiger partial charge on any atom is 0.310 e. The first kappa shape index (κ1) is 8.48. The SMILES string of the molecule is O=C(O)[C@H]1C(CO)=CC[C@@H]1[SiH3]. The molecule has 2 atom stereocenters. The van der Waals surface area contributed by atoms with Crippen LogP contribution in [0.4, 0.5) is 0 Å². The number of hydrogen-bond acceptors (Lipinski definition) is 2. The van der Waals surface area contributed by atoms with E-state index >= 15 is 0 Å². The zero-order valence-corrected chi connectivity index (χ0v) is 8.45. The van der Waals surface area contributed by atoms with Gasteiger partial charge in [-0.1, -0.05) is 6.08 Å². The second-order valence-electron chi connectivity index (χ2n) is 2.97. The largest absolute Gasteiger partial charge is 0.481 e. The van der Waals surface area contributed by atoms with Gasteiger partial charge < -0.3 is 10.2 Å². The number of aliphatic hydroxyl groups is 1. The Morgan fingerprint density at radius 3 is 2.82 bits per heavy atom. The third-order valence-corrected chi connectivity index (χ3v) is 3.31. The van der Waals surface area contributed by atoms with Crippen LogP contribution < -0.4 is 0 Å². The molecular weight excluding hydrogens is 160 g/mol. The summed E-state index contributed by atoms with van der Waals surface area (Å²) in [5.74, 6) is -1.19. The monoisotopic (exact) mass is 172 g/mol. The predicted molar refractivity (Wildman–Crippen MR) is 44.6 cm³/mol. The summed E-state index contributed by atoms with van der Waals surface area (Å²) in [6.45, 7) is -0.101. The van der Waals surface area contributed by atoms with E-state index < -0.39 is 11.9 Å². The van der Waals surface area contributed by atoms with Crippen molar-refractivity contribution >= 4 is 16.2 Å². The quantitative estimate of drug-likeness (QED) is 0.422. The molecule has 0 unspecified atom stereocenters. The molecule has 0 aromatic rings. The zero-order valence-electron chi connectivity index (χ0n) is 6.45. The van der Waals surface area contributed by atoms with Crippen LogP contribution in [-0.4, -0.2) is 33.0 Å². The van der Waals surface area contributed by atoms with E-state index in [2.05, 4.69) is 0 Å². The van der Waals surface area contributed by atoms with E-state index in [1.807, 2.05) is 6.08 Å². The van der Waals surface area contributed by atoms with Crippen LogP contribution in [0.25, 0.3) is 0 Å².